The number of ether oxygens (including phenoxy) is 2. The molecular formula is C14H20BrNO3. The third-order valence-corrected chi connectivity index (χ3v) is 3.20. The summed E-state index contributed by atoms with van der Waals surface area (Å²) in [6.07, 6.45) is -0.638. The van der Waals surface area contributed by atoms with E-state index in [1.165, 1.54) is 7.11 Å². The number of hydrogen-bond acceptors (Lipinski definition) is 4. The maximum Gasteiger partial charge on any atom is 0.346 e. The van der Waals surface area contributed by atoms with Gasteiger partial charge in [0.05, 0.1) is 11.6 Å². The molecular weight excluding hydrogens is 310 g/mol. The first-order chi connectivity index (χ1) is 8.95. The van der Waals surface area contributed by atoms with E-state index in [0.29, 0.717) is 18.3 Å². The van der Waals surface area contributed by atoms with Crippen molar-refractivity contribution in [3.63, 3.8) is 0 Å². The van der Waals surface area contributed by atoms with Gasteiger partial charge >= 0.3 is 5.97 Å². The highest BCUT2D eigenvalue weighted by atomic mass is 79.9. The Balaban J connectivity index is 2.88. The molecule has 1 rings (SSSR count). The van der Waals surface area contributed by atoms with Gasteiger partial charge in [-0.1, -0.05) is 26.0 Å². The summed E-state index contributed by atoms with van der Waals surface area (Å²) < 4.78 is 11.2. The Hall–Kier alpha value is -1.07. The highest BCUT2D eigenvalue weighted by Crippen LogP contribution is 2.30. The van der Waals surface area contributed by atoms with Crippen molar-refractivity contribution in [1.29, 1.82) is 0 Å². The van der Waals surface area contributed by atoms with Crippen molar-refractivity contribution in [3.8, 4) is 5.75 Å². The van der Waals surface area contributed by atoms with Crippen LogP contribution in [0.3, 0.4) is 0 Å². The summed E-state index contributed by atoms with van der Waals surface area (Å²) in [5, 5.41) is 3.33. The SMILES string of the molecule is COC(=O)C(C)Oc1c(Br)cccc1CNC(C)C. The zero-order valence-corrected chi connectivity index (χ0v) is 13.3. The lowest BCUT2D eigenvalue weighted by molar-refractivity contribution is -0.147. The number of esters is 1. The Morgan fingerprint density at radius 2 is 2.05 bits per heavy atom. The normalized spacial score (nSPS) is 12.3. The summed E-state index contributed by atoms with van der Waals surface area (Å²) in [5.41, 5.74) is 0.999. The summed E-state index contributed by atoms with van der Waals surface area (Å²) in [5.74, 6) is 0.284. The molecule has 0 aliphatic heterocycles. The first-order valence-electron chi connectivity index (χ1n) is 6.21. The van der Waals surface area contributed by atoms with Gasteiger partial charge in [-0.2, -0.15) is 0 Å². The van der Waals surface area contributed by atoms with Gasteiger partial charge in [0, 0.05) is 18.2 Å². The third kappa shape index (κ3) is 4.84. The van der Waals surface area contributed by atoms with Crippen LogP contribution in [0.4, 0.5) is 0 Å². The van der Waals surface area contributed by atoms with Gasteiger partial charge in [0.2, 0.25) is 0 Å². The topological polar surface area (TPSA) is 47.6 Å². The Kier molecular flexibility index (Phi) is 6.31. The number of hydrogen-bond donors (Lipinski definition) is 1. The van der Waals surface area contributed by atoms with Crippen molar-refractivity contribution in [2.45, 2.75) is 39.5 Å². The molecule has 0 aliphatic rings. The molecule has 4 nitrogen and oxygen atoms in total. The standard InChI is InChI=1S/C14H20BrNO3/c1-9(2)16-8-11-6-5-7-12(15)13(11)19-10(3)14(17)18-4/h5-7,9-10,16H,8H2,1-4H3. The molecule has 0 radical (unpaired) electrons. The molecule has 0 saturated carbocycles. The number of benzene rings is 1. The lowest BCUT2D eigenvalue weighted by Gasteiger charge is -2.18. The van der Waals surface area contributed by atoms with Crippen LogP contribution in [-0.2, 0) is 16.1 Å². The Morgan fingerprint density at radius 3 is 2.63 bits per heavy atom. The maximum absolute atomic E-state index is 11.4. The van der Waals surface area contributed by atoms with Crippen LogP contribution in [0.1, 0.15) is 26.3 Å². The average molecular weight is 330 g/mol. The first-order valence-corrected chi connectivity index (χ1v) is 7.00. The highest BCUT2D eigenvalue weighted by molar-refractivity contribution is 9.10. The molecule has 0 spiro atoms. The van der Waals surface area contributed by atoms with Crippen molar-refractivity contribution < 1.29 is 14.3 Å². The van der Waals surface area contributed by atoms with Crippen molar-refractivity contribution in [3.05, 3.63) is 28.2 Å². The van der Waals surface area contributed by atoms with Crippen LogP contribution in [0.25, 0.3) is 0 Å². The van der Waals surface area contributed by atoms with E-state index in [1.807, 2.05) is 18.2 Å². The Morgan fingerprint density at radius 1 is 1.37 bits per heavy atom. The van der Waals surface area contributed by atoms with E-state index >= 15 is 0 Å². The van der Waals surface area contributed by atoms with E-state index < -0.39 is 12.1 Å². The summed E-state index contributed by atoms with van der Waals surface area (Å²) in [6.45, 7) is 6.51. The Labute approximate surface area is 122 Å². The smallest absolute Gasteiger partial charge is 0.346 e. The summed E-state index contributed by atoms with van der Waals surface area (Å²) in [4.78, 5) is 11.4. The third-order valence-electron chi connectivity index (χ3n) is 2.58. The van der Waals surface area contributed by atoms with E-state index in [2.05, 4.69) is 39.8 Å². The average Bonchev–Trinajstić information content (AvgIpc) is 2.38. The first kappa shape index (κ1) is 16.0. The second-order valence-corrected chi connectivity index (χ2v) is 5.40. The zero-order valence-electron chi connectivity index (χ0n) is 11.7. The zero-order chi connectivity index (χ0) is 14.4. The van der Waals surface area contributed by atoms with Gasteiger partial charge in [-0.25, -0.2) is 4.79 Å². The molecule has 0 amide bonds. The van der Waals surface area contributed by atoms with Crippen molar-refractivity contribution in [2.24, 2.45) is 0 Å². The molecule has 1 aromatic carbocycles. The molecule has 1 atom stereocenters. The van der Waals surface area contributed by atoms with Crippen LogP contribution in [-0.4, -0.2) is 25.2 Å². The lowest BCUT2D eigenvalue weighted by atomic mass is 10.2. The summed E-state index contributed by atoms with van der Waals surface area (Å²) in [7, 11) is 1.35. The predicted octanol–water partition coefficient (Wildman–Crippen LogP) is 2.89. The second-order valence-electron chi connectivity index (χ2n) is 4.55. The van der Waals surface area contributed by atoms with E-state index in [4.69, 9.17) is 4.74 Å². The molecule has 106 valence electrons. The van der Waals surface area contributed by atoms with Gasteiger partial charge in [-0.15, -0.1) is 0 Å². The number of carbonyl (C=O) groups is 1. The fraction of sp³-hybridized carbons (Fsp3) is 0.500. The van der Waals surface area contributed by atoms with Gasteiger partial charge in [-0.3, -0.25) is 0 Å². The molecule has 1 N–H and O–H groups in total. The highest BCUT2D eigenvalue weighted by Gasteiger charge is 2.18. The van der Waals surface area contributed by atoms with Crippen LogP contribution in [0.2, 0.25) is 0 Å². The van der Waals surface area contributed by atoms with E-state index in [9.17, 15) is 4.79 Å². The molecule has 0 heterocycles. The van der Waals surface area contributed by atoms with E-state index in [1.54, 1.807) is 6.92 Å². The van der Waals surface area contributed by atoms with E-state index in [0.717, 1.165) is 10.0 Å². The van der Waals surface area contributed by atoms with Crippen LogP contribution in [0, 0.1) is 0 Å². The van der Waals surface area contributed by atoms with Gasteiger partial charge in [0.25, 0.3) is 0 Å². The van der Waals surface area contributed by atoms with Gasteiger partial charge < -0.3 is 14.8 Å². The van der Waals surface area contributed by atoms with Gasteiger partial charge in [0.15, 0.2) is 6.10 Å². The molecule has 0 bridgehead atoms. The fourth-order valence-corrected chi connectivity index (χ4v) is 2.03. The molecule has 0 saturated heterocycles. The Bertz CT molecular complexity index is 435. The predicted molar refractivity (Wildman–Crippen MR) is 78.2 cm³/mol. The van der Waals surface area contributed by atoms with Crippen molar-refractivity contribution >= 4 is 21.9 Å². The van der Waals surface area contributed by atoms with Crippen LogP contribution < -0.4 is 10.1 Å². The number of halogens is 1. The monoisotopic (exact) mass is 329 g/mol. The van der Waals surface area contributed by atoms with Crippen molar-refractivity contribution in [1.82, 2.24) is 5.32 Å². The van der Waals surface area contributed by atoms with E-state index in [-0.39, 0.29) is 0 Å². The van der Waals surface area contributed by atoms with Crippen molar-refractivity contribution in [2.75, 3.05) is 7.11 Å². The number of nitrogens with one attached hydrogen (secondary N) is 1. The molecule has 5 heteroatoms. The molecule has 0 aliphatic carbocycles. The number of rotatable bonds is 6. The maximum atomic E-state index is 11.4. The molecule has 0 fully saturated rings. The molecule has 1 unspecified atom stereocenters. The quantitative estimate of drug-likeness (QED) is 0.815. The minimum Gasteiger partial charge on any atom is -0.478 e. The number of para-hydroxylation sites is 1. The second kappa shape index (κ2) is 7.50. The number of carbonyl (C=O) groups excluding carboxylic acids is 1. The van der Waals surface area contributed by atoms with Gasteiger partial charge in [0.1, 0.15) is 5.75 Å². The fourth-order valence-electron chi connectivity index (χ4n) is 1.53. The van der Waals surface area contributed by atoms with Crippen LogP contribution in [0.5, 0.6) is 5.75 Å². The van der Waals surface area contributed by atoms with Crippen LogP contribution >= 0.6 is 15.9 Å². The number of methoxy groups -OCH3 is 1. The molecule has 19 heavy (non-hydrogen) atoms. The minimum atomic E-state index is -0.638. The lowest BCUT2D eigenvalue weighted by Crippen LogP contribution is -2.27. The summed E-state index contributed by atoms with van der Waals surface area (Å²) in [6, 6.07) is 6.18. The van der Waals surface area contributed by atoms with Gasteiger partial charge in [-0.05, 0) is 28.9 Å². The molecule has 0 aromatic heterocycles. The summed E-state index contributed by atoms with van der Waals surface area (Å²) >= 11 is 3.45. The largest absolute Gasteiger partial charge is 0.478 e. The minimum absolute atomic E-state index is 0.380. The molecule has 1 aromatic rings. The van der Waals surface area contributed by atoms with Crippen LogP contribution in [0.15, 0.2) is 22.7 Å².